The summed E-state index contributed by atoms with van der Waals surface area (Å²) in [7, 11) is 1.65. The first-order valence-electron chi connectivity index (χ1n) is 22.2. The van der Waals surface area contributed by atoms with Gasteiger partial charge >= 0.3 is 0 Å². The topological polar surface area (TPSA) is 99.5 Å². The molecular weight excluding hydrogens is 711 g/mol. The third-order valence-corrected chi connectivity index (χ3v) is 18.2. The molecule has 0 amide bonds. The van der Waals surface area contributed by atoms with E-state index in [0.717, 1.165) is 61.5 Å². The van der Waals surface area contributed by atoms with E-state index >= 15 is 4.79 Å². The fourth-order valence-electron chi connectivity index (χ4n) is 14.8. The van der Waals surface area contributed by atoms with Crippen molar-refractivity contribution in [3.8, 4) is 5.75 Å². The molecule has 4 bridgehead atoms. The van der Waals surface area contributed by atoms with Crippen molar-refractivity contribution in [1.82, 2.24) is 4.90 Å². The number of aliphatic hydroxyl groups is 3. The van der Waals surface area contributed by atoms with Crippen molar-refractivity contribution in [2.75, 3.05) is 33.4 Å². The molecule has 0 heterocycles. The number of rotatable bonds is 13. The van der Waals surface area contributed by atoms with Crippen molar-refractivity contribution in [3.05, 3.63) is 89.5 Å². The third kappa shape index (κ3) is 6.02. The van der Waals surface area contributed by atoms with Gasteiger partial charge in [0.05, 0.1) is 38.1 Å². The van der Waals surface area contributed by atoms with Gasteiger partial charge in [0.2, 0.25) is 0 Å². The minimum Gasteiger partial charge on any atom is -0.497 e. The number of aliphatic hydroxyl groups excluding tert-OH is 2. The normalized spacial score (nSPS) is 41.4. The van der Waals surface area contributed by atoms with Gasteiger partial charge in [-0.05, 0) is 134 Å². The lowest BCUT2D eigenvalue weighted by Gasteiger charge is -2.71. The Bertz CT molecular complexity index is 1890. The lowest BCUT2D eigenvalue weighted by molar-refractivity contribution is -0.179. The van der Waals surface area contributed by atoms with Crippen LogP contribution >= 0.6 is 0 Å². The Morgan fingerprint density at radius 1 is 0.895 bits per heavy atom. The average molecular weight is 778 g/mol. The second-order valence-electron chi connectivity index (χ2n) is 20.9. The summed E-state index contributed by atoms with van der Waals surface area (Å²) in [5, 5.41) is 36.1. The maximum Gasteiger partial charge on any atom is 0.189 e. The molecule has 0 radical (unpaired) electrons. The third-order valence-electron chi connectivity index (χ3n) is 18.2. The molecule has 2 spiro atoms. The van der Waals surface area contributed by atoms with Gasteiger partial charge in [0.15, 0.2) is 5.78 Å². The van der Waals surface area contributed by atoms with Crippen LogP contribution in [0.4, 0.5) is 0 Å². The summed E-state index contributed by atoms with van der Waals surface area (Å²) < 4.78 is 11.5. The number of hydrogen-bond acceptors (Lipinski definition) is 7. The average Bonchev–Trinajstić information content (AvgIpc) is 3.47. The molecule has 12 atom stereocenters. The number of fused-ring (bicyclic) bond motifs is 3. The van der Waals surface area contributed by atoms with Gasteiger partial charge in [-0.3, -0.25) is 9.69 Å². The SMILES string of the molecule is COc1ccc(C(=O)C2=CC34C=CC25C(CCC2(C)C5CCC2(O)CN(CC(O)COCc2ccccc2)CC2CCC5CC2C5(C)C)C3(C)CCC(O)C4)cc1. The van der Waals surface area contributed by atoms with Gasteiger partial charge in [-0.2, -0.15) is 0 Å². The van der Waals surface area contributed by atoms with Gasteiger partial charge in [-0.25, -0.2) is 0 Å². The summed E-state index contributed by atoms with van der Waals surface area (Å²) in [4.78, 5) is 17.4. The molecule has 9 aliphatic rings. The van der Waals surface area contributed by atoms with Crippen molar-refractivity contribution < 1.29 is 29.6 Å². The fourth-order valence-corrected chi connectivity index (χ4v) is 14.8. The van der Waals surface area contributed by atoms with Crippen molar-refractivity contribution in [2.24, 2.45) is 56.7 Å². The van der Waals surface area contributed by atoms with Crippen LogP contribution in [0.25, 0.3) is 0 Å². The number of methoxy groups -OCH3 is 1. The monoisotopic (exact) mass is 777 g/mol. The Morgan fingerprint density at radius 3 is 2.33 bits per heavy atom. The minimum atomic E-state index is -0.994. The van der Waals surface area contributed by atoms with E-state index in [1.54, 1.807) is 7.11 Å². The molecule has 308 valence electrons. The van der Waals surface area contributed by atoms with E-state index in [4.69, 9.17) is 9.47 Å². The van der Waals surface area contributed by atoms with Crippen LogP contribution in [-0.4, -0.2) is 77.2 Å². The molecule has 6 fully saturated rings. The highest BCUT2D eigenvalue weighted by molar-refractivity contribution is 6.10. The van der Waals surface area contributed by atoms with E-state index in [1.807, 2.05) is 54.6 Å². The fraction of sp³-hybridized carbons (Fsp3) is 0.660. The Balaban J connectivity index is 1.03. The highest BCUT2D eigenvalue weighted by atomic mass is 16.5. The van der Waals surface area contributed by atoms with E-state index in [-0.39, 0.29) is 35.1 Å². The summed E-state index contributed by atoms with van der Waals surface area (Å²) in [6.45, 7) is 12.2. The summed E-state index contributed by atoms with van der Waals surface area (Å²) in [6, 6.07) is 17.7. The van der Waals surface area contributed by atoms with E-state index in [9.17, 15) is 15.3 Å². The summed E-state index contributed by atoms with van der Waals surface area (Å²) in [6.07, 6.45) is 15.5. The molecule has 3 N–H and O–H groups in total. The van der Waals surface area contributed by atoms with E-state index in [1.165, 1.54) is 19.3 Å². The molecule has 0 saturated heterocycles. The molecule has 7 heteroatoms. The summed E-state index contributed by atoms with van der Waals surface area (Å²) in [5.74, 6) is 3.11. The Kier molecular flexibility index (Phi) is 9.84. The molecule has 6 saturated carbocycles. The zero-order valence-corrected chi connectivity index (χ0v) is 35.1. The Morgan fingerprint density at radius 2 is 1.61 bits per heavy atom. The highest BCUT2D eigenvalue weighted by Crippen LogP contribution is 2.78. The van der Waals surface area contributed by atoms with E-state index < -0.39 is 28.6 Å². The first-order valence-corrected chi connectivity index (χ1v) is 22.2. The second kappa shape index (κ2) is 14.1. The van der Waals surface area contributed by atoms with Crippen LogP contribution in [0, 0.1) is 56.7 Å². The molecule has 0 aromatic heterocycles. The van der Waals surface area contributed by atoms with Gasteiger partial charge in [0.25, 0.3) is 0 Å². The molecule has 2 aromatic rings. The van der Waals surface area contributed by atoms with Crippen LogP contribution < -0.4 is 4.74 Å². The lowest BCUT2D eigenvalue weighted by atomic mass is 9.32. The van der Waals surface area contributed by atoms with Crippen molar-refractivity contribution in [1.29, 1.82) is 0 Å². The molecule has 9 aliphatic carbocycles. The molecule has 57 heavy (non-hydrogen) atoms. The molecule has 11 rings (SSSR count). The van der Waals surface area contributed by atoms with Crippen LogP contribution in [0.3, 0.4) is 0 Å². The van der Waals surface area contributed by atoms with Crippen LogP contribution in [-0.2, 0) is 11.3 Å². The number of allylic oxidation sites excluding steroid dienone is 4. The van der Waals surface area contributed by atoms with Crippen LogP contribution in [0.5, 0.6) is 5.75 Å². The van der Waals surface area contributed by atoms with Gasteiger partial charge in [-0.15, -0.1) is 0 Å². The smallest absolute Gasteiger partial charge is 0.189 e. The maximum absolute atomic E-state index is 15.0. The van der Waals surface area contributed by atoms with E-state index in [0.29, 0.717) is 55.4 Å². The predicted molar refractivity (Wildman–Crippen MR) is 223 cm³/mol. The number of benzene rings is 2. The Labute approximate surface area is 340 Å². The summed E-state index contributed by atoms with van der Waals surface area (Å²) >= 11 is 0. The summed E-state index contributed by atoms with van der Waals surface area (Å²) in [5.41, 5.74) is 0.553. The zero-order valence-electron chi connectivity index (χ0n) is 35.1. The van der Waals surface area contributed by atoms with Gasteiger partial charge in [-0.1, -0.05) is 76.3 Å². The number of carbonyl (C=O) groups excluding carboxylic acids is 1. The van der Waals surface area contributed by atoms with Gasteiger partial charge < -0.3 is 24.8 Å². The van der Waals surface area contributed by atoms with Crippen molar-refractivity contribution in [3.63, 3.8) is 0 Å². The largest absolute Gasteiger partial charge is 0.497 e. The highest BCUT2D eigenvalue weighted by Gasteiger charge is 2.74. The molecule has 0 aliphatic heterocycles. The first-order chi connectivity index (χ1) is 27.2. The van der Waals surface area contributed by atoms with Crippen molar-refractivity contribution in [2.45, 2.75) is 116 Å². The lowest BCUT2D eigenvalue weighted by Crippen LogP contribution is -2.67. The second-order valence-corrected chi connectivity index (χ2v) is 20.9. The van der Waals surface area contributed by atoms with Crippen LogP contribution in [0.15, 0.2) is 78.4 Å². The standard InChI is InChI=1S/C50H67NO6/c1-45(2)36-14-11-35(40(45)25-36)28-51(29-38(53)31-57-30-33-9-7-6-8-10-33)32-49(55)22-19-43-47(49,4)21-18-42-46(3)20-17-37(52)26-48(46)23-24-50(42,43)41(27-48)44(54)34-12-15-39(56-5)16-13-34/h6-10,12-13,15-16,23-24,27,35-38,40,42-43,52-53,55H,11,14,17-22,25-26,28-32H2,1-5H3. The number of Topliss-reactive ketones (excluding diaryl/α,β-unsaturated/α-hetero) is 1. The first kappa shape index (κ1) is 39.6. The van der Waals surface area contributed by atoms with Gasteiger partial charge in [0, 0.05) is 47.0 Å². The minimum absolute atomic E-state index is 0.0622. The van der Waals surface area contributed by atoms with Crippen LogP contribution in [0.2, 0.25) is 0 Å². The van der Waals surface area contributed by atoms with Crippen molar-refractivity contribution >= 4 is 5.78 Å². The molecule has 12 unspecified atom stereocenters. The number of hydrogen-bond donors (Lipinski definition) is 3. The van der Waals surface area contributed by atoms with E-state index in [2.05, 4.69) is 50.8 Å². The van der Waals surface area contributed by atoms with Crippen LogP contribution in [0.1, 0.15) is 108 Å². The zero-order chi connectivity index (χ0) is 40.0. The molecule has 7 nitrogen and oxygen atoms in total. The Hall–Kier alpha value is -2.81. The predicted octanol–water partition coefficient (Wildman–Crippen LogP) is 8.42. The number of ether oxygens (including phenoxy) is 2. The quantitative estimate of drug-likeness (QED) is 0.139. The number of ketones is 1. The number of nitrogens with zero attached hydrogens (tertiary/aromatic N) is 1. The van der Waals surface area contributed by atoms with Gasteiger partial charge in [0.1, 0.15) is 5.75 Å². The number of carbonyl (C=O) groups is 1. The molecule has 2 aromatic carbocycles. The maximum atomic E-state index is 15.0. The molecular formula is C50H67NO6.